The number of halogens is 2. The first-order valence-corrected chi connectivity index (χ1v) is 5.86. The number of nitrogens with two attached hydrogens (primary N) is 1. The molecule has 0 aromatic heterocycles. The molecule has 0 spiro atoms. The van der Waals surface area contributed by atoms with Crippen LogP contribution in [0.3, 0.4) is 0 Å². The van der Waals surface area contributed by atoms with E-state index in [1.54, 1.807) is 19.9 Å². The lowest BCUT2D eigenvalue weighted by molar-refractivity contribution is 0.145. The molecule has 2 rings (SSSR count). The average molecular weight is 257 g/mol. The first kappa shape index (κ1) is 13.1. The Balaban J connectivity index is 2.42. The van der Waals surface area contributed by atoms with E-state index in [0.29, 0.717) is 36.7 Å². The molecule has 100 valence electrons. The maximum Gasteiger partial charge on any atom is 0.264 e. The van der Waals surface area contributed by atoms with E-state index in [-0.39, 0.29) is 5.56 Å². The molecule has 1 aromatic carbocycles. The summed E-state index contributed by atoms with van der Waals surface area (Å²) in [5, 5.41) is 0. The summed E-state index contributed by atoms with van der Waals surface area (Å²) in [6.45, 7) is 4.43. The Morgan fingerprint density at radius 2 is 1.78 bits per heavy atom. The van der Waals surface area contributed by atoms with Crippen LogP contribution in [-0.4, -0.2) is 18.8 Å². The Labute approximate surface area is 105 Å². The third-order valence-electron chi connectivity index (χ3n) is 2.69. The first-order chi connectivity index (χ1) is 8.37. The van der Waals surface area contributed by atoms with E-state index in [4.69, 9.17) is 15.2 Å². The predicted octanol–water partition coefficient (Wildman–Crippen LogP) is 2.68. The van der Waals surface area contributed by atoms with E-state index in [1.165, 1.54) is 6.07 Å². The van der Waals surface area contributed by atoms with Gasteiger partial charge in [-0.1, -0.05) is 0 Å². The average Bonchev–Trinajstić information content (AvgIpc) is 2.25. The molecule has 0 radical (unpaired) electrons. The van der Waals surface area contributed by atoms with Crippen LogP contribution in [0.15, 0.2) is 12.1 Å². The third-order valence-corrected chi connectivity index (χ3v) is 2.69. The molecular formula is C13H17F2NO2. The molecule has 0 aliphatic carbocycles. The van der Waals surface area contributed by atoms with E-state index in [9.17, 15) is 8.78 Å². The van der Waals surface area contributed by atoms with Crippen molar-refractivity contribution in [1.82, 2.24) is 0 Å². The second kappa shape index (κ2) is 4.72. The van der Waals surface area contributed by atoms with Crippen LogP contribution in [0.5, 0.6) is 11.5 Å². The number of benzene rings is 1. The van der Waals surface area contributed by atoms with E-state index in [0.717, 1.165) is 0 Å². The third kappa shape index (κ3) is 2.90. The van der Waals surface area contributed by atoms with Crippen LogP contribution in [-0.2, 0) is 6.42 Å². The van der Waals surface area contributed by atoms with Crippen molar-refractivity contribution in [3.8, 4) is 11.5 Å². The zero-order chi connectivity index (χ0) is 13.3. The Bertz CT molecular complexity index is 441. The Morgan fingerprint density at radius 3 is 2.28 bits per heavy atom. The maximum atomic E-state index is 13.0. The van der Waals surface area contributed by atoms with Crippen molar-refractivity contribution in [2.24, 2.45) is 5.73 Å². The summed E-state index contributed by atoms with van der Waals surface area (Å²) in [5.74, 6) is 0.903. The highest BCUT2D eigenvalue weighted by molar-refractivity contribution is 5.49. The summed E-state index contributed by atoms with van der Waals surface area (Å²) in [5.41, 5.74) is 5.83. The molecular weight excluding hydrogens is 240 g/mol. The standard InChI is InChI=1S/C13H17F2NO2/c1-13(2,16)7-8-5-10-11(18-4-3-17-10)6-9(8)12(14)15/h5-6,12H,3-4,7,16H2,1-2H3. The highest BCUT2D eigenvalue weighted by Gasteiger charge is 2.23. The summed E-state index contributed by atoms with van der Waals surface area (Å²) < 4.78 is 36.8. The van der Waals surface area contributed by atoms with Crippen molar-refractivity contribution in [3.05, 3.63) is 23.3 Å². The Hall–Kier alpha value is -1.36. The number of fused-ring (bicyclic) bond motifs is 1. The predicted molar refractivity (Wildman–Crippen MR) is 64.4 cm³/mol. The Kier molecular flexibility index (Phi) is 3.43. The number of ether oxygens (including phenoxy) is 2. The molecule has 1 heterocycles. The van der Waals surface area contributed by atoms with Gasteiger partial charge in [-0.3, -0.25) is 0 Å². The molecule has 1 aliphatic rings. The van der Waals surface area contributed by atoms with Gasteiger partial charge < -0.3 is 15.2 Å². The molecule has 0 amide bonds. The molecule has 1 aromatic rings. The first-order valence-electron chi connectivity index (χ1n) is 5.86. The lowest BCUT2D eigenvalue weighted by atomic mass is 9.92. The fourth-order valence-electron chi connectivity index (χ4n) is 1.99. The molecule has 1 aliphatic heterocycles. The van der Waals surface area contributed by atoms with Crippen molar-refractivity contribution in [3.63, 3.8) is 0 Å². The molecule has 0 atom stereocenters. The van der Waals surface area contributed by atoms with Crippen molar-refractivity contribution >= 4 is 0 Å². The maximum absolute atomic E-state index is 13.0. The van der Waals surface area contributed by atoms with Crippen molar-refractivity contribution < 1.29 is 18.3 Å². The highest BCUT2D eigenvalue weighted by Crippen LogP contribution is 2.37. The fourth-order valence-corrected chi connectivity index (χ4v) is 1.99. The molecule has 0 saturated heterocycles. The van der Waals surface area contributed by atoms with Gasteiger partial charge in [0, 0.05) is 11.1 Å². The van der Waals surface area contributed by atoms with Gasteiger partial charge in [0.15, 0.2) is 11.5 Å². The fraction of sp³-hybridized carbons (Fsp3) is 0.538. The van der Waals surface area contributed by atoms with Crippen LogP contribution < -0.4 is 15.2 Å². The van der Waals surface area contributed by atoms with E-state index >= 15 is 0 Å². The van der Waals surface area contributed by atoms with Crippen molar-refractivity contribution in [2.75, 3.05) is 13.2 Å². The van der Waals surface area contributed by atoms with E-state index in [2.05, 4.69) is 0 Å². The van der Waals surface area contributed by atoms with Crippen LogP contribution in [0.1, 0.15) is 31.4 Å². The molecule has 18 heavy (non-hydrogen) atoms. The van der Waals surface area contributed by atoms with Crippen molar-refractivity contribution in [1.29, 1.82) is 0 Å². The molecule has 3 nitrogen and oxygen atoms in total. The SMILES string of the molecule is CC(C)(N)Cc1cc2c(cc1C(F)F)OCCO2. The largest absolute Gasteiger partial charge is 0.486 e. The van der Waals surface area contributed by atoms with Crippen LogP contribution >= 0.6 is 0 Å². The van der Waals surface area contributed by atoms with E-state index in [1.807, 2.05) is 0 Å². The quantitative estimate of drug-likeness (QED) is 0.905. The van der Waals surface area contributed by atoms with Gasteiger partial charge in [-0.25, -0.2) is 8.78 Å². The Morgan fingerprint density at radius 1 is 1.22 bits per heavy atom. The number of alkyl halides is 2. The summed E-state index contributed by atoms with van der Waals surface area (Å²) >= 11 is 0. The van der Waals surface area contributed by atoms with Gasteiger partial charge in [0.25, 0.3) is 6.43 Å². The lowest BCUT2D eigenvalue weighted by Gasteiger charge is -2.24. The van der Waals surface area contributed by atoms with Gasteiger partial charge in [0.1, 0.15) is 13.2 Å². The molecule has 0 bridgehead atoms. The normalized spacial score (nSPS) is 15.0. The molecule has 0 unspecified atom stereocenters. The van der Waals surface area contributed by atoms with Crippen LogP contribution in [0.4, 0.5) is 8.78 Å². The summed E-state index contributed by atoms with van der Waals surface area (Å²) in [7, 11) is 0. The van der Waals surface area contributed by atoms with Gasteiger partial charge >= 0.3 is 0 Å². The lowest BCUT2D eigenvalue weighted by Crippen LogP contribution is -2.34. The topological polar surface area (TPSA) is 44.5 Å². The van der Waals surface area contributed by atoms with Crippen molar-refractivity contribution in [2.45, 2.75) is 32.2 Å². The van der Waals surface area contributed by atoms with Gasteiger partial charge in [-0.2, -0.15) is 0 Å². The second-order valence-corrected chi connectivity index (χ2v) is 5.16. The van der Waals surface area contributed by atoms with Gasteiger partial charge in [0.05, 0.1) is 0 Å². The molecule has 2 N–H and O–H groups in total. The van der Waals surface area contributed by atoms with Gasteiger partial charge in [-0.05, 0) is 38.0 Å². The minimum absolute atomic E-state index is 0.0298. The summed E-state index contributed by atoms with van der Waals surface area (Å²) in [6, 6.07) is 2.98. The molecule has 0 fully saturated rings. The number of rotatable bonds is 3. The number of hydrogen-bond donors (Lipinski definition) is 1. The highest BCUT2D eigenvalue weighted by atomic mass is 19.3. The van der Waals surface area contributed by atoms with E-state index < -0.39 is 12.0 Å². The summed E-state index contributed by atoms with van der Waals surface area (Å²) in [6.07, 6.45) is -2.18. The summed E-state index contributed by atoms with van der Waals surface area (Å²) in [4.78, 5) is 0. The van der Waals surface area contributed by atoms with Gasteiger partial charge in [-0.15, -0.1) is 0 Å². The minimum atomic E-state index is -2.54. The minimum Gasteiger partial charge on any atom is -0.486 e. The zero-order valence-electron chi connectivity index (χ0n) is 10.5. The number of hydrogen-bond acceptors (Lipinski definition) is 3. The van der Waals surface area contributed by atoms with Crippen LogP contribution in [0, 0.1) is 0 Å². The van der Waals surface area contributed by atoms with Gasteiger partial charge in [0.2, 0.25) is 0 Å². The molecule has 5 heteroatoms. The zero-order valence-corrected chi connectivity index (χ0v) is 10.5. The van der Waals surface area contributed by atoms with Crippen LogP contribution in [0.25, 0.3) is 0 Å². The second-order valence-electron chi connectivity index (χ2n) is 5.16. The van der Waals surface area contributed by atoms with Crippen LogP contribution in [0.2, 0.25) is 0 Å². The monoisotopic (exact) mass is 257 g/mol. The smallest absolute Gasteiger partial charge is 0.264 e. The molecule has 0 saturated carbocycles.